The minimum Gasteiger partial charge on any atom is -0.325 e. The molecule has 86 valence electrons. The summed E-state index contributed by atoms with van der Waals surface area (Å²) >= 11 is 3.28. The molecule has 0 bridgehead atoms. The average molecular weight is 282 g/mol. The number of rotatable bonds is 2. The van der Waals surface area contributed by atoms with Crippen molar-refractivity contribution in [2.45, 2.75) is 37.4 Å². The summed E-state index contributed by atoms with van der Waals surface area (Å²) in [5.74, 6) is 0.0268. The van der Waals surface area contributed by atoms with Crippen LogP contribution in [0.2, 0.25) is 0 Å². The van der Waals surface area contributed by atoms with Crippen molar-refractivity contribution >= 4 is 27.5 Å². The summed E-state index contributed by atoms with van der Waals surface area (Å²) < 4.78 is 0. The van der Waals surface area contributed by atoms with Crippen LogP contribution in [0.4, 0.5) is 5.69 Å². The standard InChI is InChI=1S/C13H16BrNO/c1-9(14)13(16)15-12-8-4-6-10-5-2-3-7-11(10)12/h4,6,8-9H,2-3,5,7H2,1H3,(H,15,16). The van der Waals surface area contributed by atoms with Crippen molar-refractivity contribution in [3.05, 3.63) is 29.3 Å². The third-order valence-corrected chi connectivity index (χ3v) is 3.43. The van der Waals surface area contributed by atoms with Crippen molar-refractivity contribution in [2.24, 2.45) is 0 Å². The maximum Gasteiger partial charge on any atom is 0.237 e. The van der Waals surface area contributed by atoms with Gasteiger partial charge in [0, 0.05) is 5.69 Å². The molecular formula is C13H16BrNO. The number of carbonyl (C=O) groups is 1. The largest absolute Gasteiger partial charge is 0.325 e. The number of amides is 1. The van der Waals surface area contributed by atoms with E-state index in [1.165, 1.54) is 24.0 Å². The number of anilines is 1. The zero-order valence-electron chi connectivity index (χ0n) is 9.42. The van der Waals surface area contributed by atoms with Crippen LogP contribution in [0, 0.1) is 0 Å². The van der Waals surface area contributed by atoms with E-state index in [1.54, 1.807) is 0 Å². The number of fused-ring (bicyclic) bond motifs is 1. The van der Waals surface area contributed by atoms with Gasteiger partial charge in [0.05, 0.1) is 4.83 Å². The van der Waals surface area contributed by atoms with Crippen LogP contribution < -0.4 is 5.32 Å². The highest BCUT2D eigenvalue weighted by atomic mass is 79.9. The predicted molar refractivity (Wildman–Crippen MR) is 70.1 cm³/mol. The number of carbonyl (C=O) groups excluding carboxylic acids is 1. The first-order valence-corrected chi connectivity index (χ1v) is 6.66. The second-order valence-electron chi connectivity index (χ2n) is 4.26. The molecule has 2 rings (SSSR count). The lowest BCUT2D eigenvalue weighted by Crippen LogP contribution is -2.21. The van der Waals surface area contributed by atoms with Gasteiger partial charge < -0.3 is 5.32 Å². The maximum absolute atomic E-state index is 11.6. The maximum atomic E-state index is 11.6. The van der Waals surface area contributed by atoms with Crippen molar-refractivity contribution in [1.82, 2.24) is 0 Å². The lowest BCUT2D eigenvalue weighted by atomic mass is 9.90. The average Bonchev–Trinajstić information content (AvgIpc) is 2.29. The predicted octanol–water partition coefficient (Wildman–Crippen LogP) is 3.29. The molecule has 1 unspecified atom stereocenters. The Labute approximate surface area is 105 Å². The SMILES string of the molecule is CC(Br)C(=O)Nc1cccc2c1CCCC2. The number of nitrogens with one attached hydrogen (secondary N) is 1. The third-order valence-electron chi connectivity index (χ3n) is 3.02. The van der Waals surface area contributed by atoms with Gasteiger partial charge in [-0.25, -0.2) is 0 Å². The van der Waals surface area contributed by atoms with E-state index in [1.807, 2.05) is 19.1 Å². The van der Waals surface area contributed by atoms with E-state index in [4.69, 9.17) is 0 Å². The molecule has 0 fully saturated rings. The number of benzene rings is 1. The van der Waals surface area contributed by atoms with Crippen LogP contribution in [0.3, 0.4) is 0 Å². The molecule has 0 radical (unpaired) electrons. The molecule has 2 nitrogen and oxygen atoms in total. The Morgan fingerprint density at radius 2 is 2.12 bits per heavy atom. The molecule has 1 aliphatic carbocycles. The Hall–Kier alpha value is -0.830. The first-order valence-electron chi connectivity index (χ1n) is 5.74. The molecular weight excluding hydrogens is 266 g/mol. The van der Waals surface area contributed by atoms with Gasteiger partial charge in [-0.15, -0.1) is 0 Å². The molecule has 3 heteroatoms. The van der Waals surface area contributed by atoms with Gasteiger partial charge in [-0.1, -0.05) is 28.1 Å². The summed E-state index contributed by atoms with van der Waals surface area (Å²) in [6.07, 6.45) is 4.72. The van der Waals surface area contributed by atoms with E-state index in [0.29, 0.717) is 0 Å². The van der Waals surface area contributed by atoms with Gasteiger partial charge in [-0.05, 0) is 49.8 Å². The highest BCUT2D eigenvalue weighted by Crippen LogP contribution is 2.28. The van der Waals surface area contributed by atoms with E-state index in [-0.39, 0.29) is 10.7 Å². The van der Waals surface area contributed by atoms with Crippen molar-refractivity contribution in [2.75, 3.05) is 5.32 Å². The highest BCUT2D eigenvalue weighted by Gasteiger charge is 2.15. The van der Waals surface area contributed by atoms with Gasteiger partial charge in [-0.2, -0.15) is 0 Å². The molecule has 1 aromatic rings. The molecule has 0 heterocycles. The first kappa shape index (κ1) is 11.6. The van der Waals surface area contributed by atoms with E-state index in [0.717, 1.165) is 18.5 Å². The summed E-state index contributed by atoms with van der Waals surface area (Å²) in [6, 6.07) is 6.19. The smallest absolute Gasteiger partial charge is 0.237 e. The van der Waals surface area contributed by atoms with Crippen LogP contribution in [0.25, 0.3) is 0 Å². The molecule has 1 aliphatic rings. The van der Waals surface area contributed by atoms with Crippen molar-refractivity contribution in [1.29, 1.82) is 0 Å². The highest BCUT2D eigenvalue weighted by molar-refractivity contribution is 9.10. The van der Waals surface area contributed by atoms with Crippen LogP contribution in [-0.2, 0) is 17.6 Å². The molecule has 0 spiro atoms. The Morgan fingerprint density at radius 1 is 1.38 bits per heavy atom. The molecule has 1 atom stereocenters. The van der Waals surface area contributed by atoms with Gasteiger partial charge in [-0.3, -0.25) is 4.79 Å². The van der Waals surface area contributed by atoms with E-state index in [9.17, 15) is 4.79 Å². The normalized spacial score (nSPS) is 16.4. The van der Waals surface area contributed by atoms with Crippen LogP contribution in [0.1, 0.15) is 30.9 Å². The second-order valence-corrected chi connectivity index (χ2v) is 5.63. The van der Waals surface area contributed by atoms with E-state index >= 15 is 0 Å². The zero-order valence-corrected chi connectivity index (χ0v) is 11.0. The number of aryl methyl sites for hydroxylation is 1. The molecule has 1 aromatic carbocycles. The summed E-state index contributed by atoms with van der Waals surface area (Å²) in [6.45, 7) is 1.84. The lowest BCUT2D eigenvalue weighted by molar-refractivity contribution is -0.115. The molecule has 0 aromatic heterocycles. The van der Waals surface area contributed by atoms with Crippen LogP contribution in [0.15, 0.2) is 18.2 Å². The Kier molecular flexibility index (Phi) is 3.64. The molecule has 16 heavy (non-hydrogen) atoms. The Balaban J connectivity index is 2.24. The lowest BCUT2D eigenvalue weighted by Gasteiger charge is -2.19. The summed E-state index contributed by atoms with van der Waals surface area (Å²) in [4.78, 5) is 11.5. The first-order chi connectivity index (χ1) is 7.68. The van der Waals surface area contributed by atoms with Gasteiger partial charge in [0.15, 0.2) is 0 Å². The molecule has 1 amide bonds. The van der Waals surface area contributed by atoms with Gasteiger partial charge in [0.25, 0.3) is 0 Å². The molecule has 0 saturated heterocycles. The second kappa shape index (κ2) is 5.00. The number of hydrogen-bond acceptors (Lipinski definition) is 1. The minimum atomic E-state index is -0.146. The summed E-state index contributed by atoms with van der Waals surface area (Å²) in [5.41, 5.74) is 3.72. The Bertz CT molecular complexity index is 401. The number of hydrogen-bond donors (Lipinski definition) is 1. The van der Waals surface area contributed by atoms with Crippen molar-refractivity contribution in [3.8, 4) is 0 Å². The fourth-order valence-corrected chi connectivity index (χ4v) is 2.25. The van der Waals surface area contributed by atoms with Crippen LogP contribution in [-0.4, -0.2) is 10.7 Å². The number of halogens is 1. The van der Waals surface area contributed by atoms with Crippen molar-refractivity contribution < 1.29 is 4.79 Å². The monoisotopic (exact) mass is 281 g/mol. The molecule has 0 aliphatic heterocycles. The molecule has 1 N–H and O–H groups in total. The quantitative estimate of drug-likeness (QED) is 0.829. The van der Waals surface area contributed by atoms with Gasteiger partial charge >= 0.3 is 0 Å². The summed E-state index contributed by atoms with van der Waals surface area (Å²) in [7, 11) is 0. The van der Waals surface area contributed by atoms with Crippen molar-refractivity contribution in [3.63, 3.8) is 0 Å². The topological polar surface area (TPSA) is 29.1 Å². The number of alkyl halides is 1. The zero-order chi connectivity index (χ0) is 11.5. The molecule has 0 saturated carbocycles. The summed E-state index contributed by atoms with van der Waals surface area (Å²) in [5, 5.41) is 2.98. The third kappa shape index (κ3) is 2.46. The van der Waals surface area contributed by atoms with Gasteiger partial charge in [0.1, 0.15) is 0 Å². The van der Waals surface area contributed by atoms with Crippen LogP contribution >= 0.6 is 15.9 Å². The minimum absolute atomic E-state index is 0.0268. The van der Waals surface area contributed by atoms with Crippen LogP contribution in [0.5, 0.6) is 0 Å². The fourth-order valence-electron chi connectivity index (χ4n) is 2.13. The van der Waals surface area contributed by atoms with Gasteiger partial charge in [0.2, 0.25) is 5.91 Å². The Morgan fingerprint density at radius 3 is 2.88 bits per heavy atom. The fraction of sp³-hybridized carbons (Fsp3) is 0.462. The van der Waals surface area contributed by atoms with E-state index < -0.39 is 0 Å². The van der Waals surface area contributed by atoms with E-state index in [2.05, 4.69) is 27.3 Å².